The Bertz CT molecular complexity index is 628. The van der Waals surface area contributed by atoms with E-state index in [1.54, 1.807) is 0 Å². The first-order valence-electron chi connectivity index (χ1n) is 10.9. The van der Waals surface area contributed by atoms with Gasteiger partial charge >= 0.3 is 0 Å². The van der Waals surface area contributed by atoms with Crippen molar-refractivity contribution in [3.63, 3.8) is 0 Å². The first-order valence-corrected chi connectivity index (χ1v) is 13.9. The van der Waals surface area contributed by atoms with Crippen molar-refractivity contribution in [2.24, 2.45) is 0 Å². The van der Waals surface area contributed by atoms with Crippen molar-refractivity contribution in [1.29, 1.82) is 0 Å². The monoisotopic (exact) mass is 454 g/mol. The maximum absolute atomic E-state index is 6.50. The van der Waals surface area contributed by atoms with Crippen LogP contribution in [0.2, 0.25) is 0 Å². The molecule has 0 aromatic heterocycles. The predicted octanol–water partition coefficient (Wildman–Crippen LogP) is 5.23. The fraction of sp³-hybridized carbons (Fsp3) is 0.520. The summed E-state index contributed by atoms with van der Waals surface area (Å²) in [7, 11) is -1.00. The molecule has 0 saturated carbocycles. The van der Waals surface area contributed by atoms with Crippen LogP contribution in [0.4, 0.5) is 0 Å². The van der Waals surface area contributed by atoms with Gasteiger partial charge in [0.05, 0.1) is 24.6 Å². The average molecular weight is 455 g/mol. The number of para-hydroxylation sites is 1. The van der Waals surface area contributed by atoms with Gasteiger partial charge in [0.25, 0.3) is 0 Å². The van der Waals surface area contributed by atoms with E-state index in [2.05, 4.69) is 44.2 Å². The van der Waals surface area contributed by atoms with Crippen LogP contribution in [0.15, 0.2) is 60.7 Å². The summed E-state index contributed by atoms with van der Waals surface area (Å²) in [5.74, 6) is 0.866. The zero-order valence-corrected chi connectivity index (χ0v) is 20.4. The molecule has 29 heavy (non-hydrogen) atoms. The second-order valence-corrected chi connectivity index (χ2v) is 12.7. The fourth-order valence-corrected chi connectivity index (χ4v) is 9.04. The van der Waals surface area contributed by atoms with E-state index in [-0.39, 0.29) is 18.0 Å². The fourth-order valence-electron chi connectivity index (χ4n) is 3.82. The molecular formula is C25H37Cl2OP. The van der Waals surface area contributed by atoms with Crippen LogP contribution in [-0.2, 0) is 6.16 Å². The Kier molecular flexibility index (Phi) is 13.7. The molecule has 1 unspecified atom stereocenters. The molecule has 0 bridgehead atoms. The maximum Gasteiger partial charge on any atom is 0.172 e. The van der Waals surface area contributed by atoms with Crippen molar-refractivity contribution in [3.8, 4) is 5.75 Å². The molecule has 0 saturated heterocycles. The average Bonchev–Trinajstić information content (AvgIpc) is 2.72. The van der Waals surface area contributed by atoms with Gasteiger partial charge in [0.1, 0.15) is 5.75 Å². The number of hydrogen-bond donors (Lipinski definition) is 0. The highest BCUT2D eigenvalue weighted by Gasteiger charge is 2.36. The van der Waals surface area contributed by atoms with Crippen LogP contribution in [-0.4, -0.2) is 24.0 Å². The smallest absolute Gasteiger partial charge is 0.172 e. The van der Waals surface area contributed by atoms with Crippen molar-refractivity contribution >= 4 is 18.9 Å². The predicted molar refractivity (Wildman–Crippen MR) is 127 cm³/mol. The Morgan fingerprint density at radius 3 is 1.86 bits per heavy atom. The third-order valence-corrected chi connectivity index (χ3v) is 10.5. The molecule has 4 heteroatoms. The van der Waals surface area contributed by atoms with Crippen LogP contribution in [0.1, 0.15) is 57.9 Å². The second-order valence-electron chi connectivity index (χ2n) is 7.85. The minimum atomic E-state index is -1.00. The molecule has 0 N–H and O–H groups in total. The van der Waals surface area contributed by atoms with E-state index < -0.39 is 7.26 Å². The largest absolute Gasteiger partial charge is 1.00 e. The van der Waals surface area contributed by atoms with Crippen LogP contribution in [0.5, 0.6) is 5.75 Å². The van der Waals surface area contributed by atoms with Gasteiger partial charge in [-0.05, 0) is 37.0 Å². The van der Waals surface area contributed by atoms with Gasteiger partial charge in [-0.2, -0.15) is 0 Å². The highest BCUT2D eigenvalue weighted by Crippen LogP contribution is 2.63. The summed E-state index contributed by atoms with van der Waals surface area (Å²) in [6, 6.07) is 21.1. The molecule has 0 aliphatic carbocycles. The quantitative estimate of drug-likeness (QED) is 0.280. The number of alkyl halides is 1. The summed E-state index contributed by atoms with van der Waals surface area (Å²) in [6.45, 7) is 4.64. The maximum atomic E-state index is 6.50. The van der Waals surface area contributed by atoms with Crippen LogP contribution in [0.3, 0.4) is 0 Å². The molecule has 0 amide bonds. The van der Waals surface area contributed by atoms with E-state index in [0.29, 0.717) is 0 Å². The summed E-state index contributed by atoms with van der Waals surface area (Å²) in [6.07, 6.45) is 12.8. The van der Waals surface area contributed by atoms with Gasteiger partial charge in [-0.15, -0.1) is 0 Å². The molecule has 0 heterocycles. The van der Waals surface area contributed by atoms with Crippen molar-refractivity contribution < 1.29 is 17.1 Å². The molecule has 162 valence electrons. The van der Waals surface area contributed by atoms with Crippen molar-refractivity contribution in [3.05, 3.63) is 66.2 Å². The van der Waals surface area contributed by atoms with E-state index in [4.69, 9.17) is 16.3 Å². The lowest BCUT2D eigenvalue weighted by atomic mass is 10.2. The Labute approximate surface area is 190 Å². The van der Waals surface area contributed by atoms with Gasteiger partial charge < -0.3 is 17.1 Å². The Balaban J connectivity index is 0.00000420. The molecule has 0 spiro atoms. The van der Waals surface area contributed by atoms with Crippen molar-refractivity contribution in [2.45, 2.75) is 64.1 Å². The van der Waals surface area contributed by atoms with E-state index in [1.807, 2.05) is 30.3 Å². The minimum Gasteiger partial charge on any atom is -1.00 e. The minimum absolute atomic E-state index is 0. The first-order chi connectivity index (χ1) is 13.7. The standard InChI is InChI=1S/C25H37ClOP.ClH/c1-3-5-19-28(20-6-4-2,22-23-14-9-7-10-15-23)21-13-18-25(26)27-24-16-11-8-12-17-24;/h7-12,14-17,25H,3-6,13,18-22H2,1-2H3;1H/q+1;/p-1. The van der Waals surface area contributed by atoms with E-state index >= 15 is 0 Å². The third kappa shape index (κ3) is 10.2. The number of hydrogen-bond acceptors (Lipinski definition) is 1. The number of benzene rings is 2. The van der Waals surface area contributed by atoms with Gasteiger partial charge in [-0.3, -0.25) is 0 Å². The van der Waals surface area contributed by atoms with Crippen molar-refractivity contribution in [2.75, 3.05) is 18.5 Å². The highest BCUT2D eigenvalue weighted by molar-refractivity contribution is 7.75. The van der Waals surface area contributed by atoms with Crippen molar-refractivity contribution in [1.82, 2.24) is 0 Å². The van der Waals surface area contributed by atoms with Crippen LogP contribution < -0.4 is 17.1 Å². The van der Waals surface area contributed by atoms with Gasteiger partial charge in [0.2, 0.25) is 0 Å². The van der Waals surface area contributed by atoms with Crippen LogP contribution in [0, 0.1) is 0 Å². The Hall–Kier alpha value is -0.750. The summed E-state index contributed by atoms with van der Waals surface area (Å²) >= 11 is 6.50. The summed E-state index contributed by atoms with van der Waals surface area (Å²) in [4.78, 5) is 0. The lowest BCUT2D eigenvalue weighted by Crippen LogP contribution is -3.00. The Morgan fingerprint density at radius 1 is 0.793 bits per heavy atom. The lowest BCUT2D eigenvalue weighted by Gasteiger charge is -2.28. The molecule has 2 aromatic carbocycles. The normalized spacial score (nSPS) is 12.2. The second kappa shape index (κ2) is 15.1. The molecular weight excluding hydrogens is 418 g/mol. The topological polar surface area (TPSA) is 9.23 Å². The summed E-state index contributed by atoms with van der Waals surface area (Å²) in [5, 5.41) is 0. The molecule has 1 nitrogen and oxygen atoms in total. The van der Waals surface area contributed by atoms with E-state index in [1.165, 1.54) is 55.9 Å². The van der Waals surface area contributed by atoms with Gasteiger partial charge in [-0.1, -0.05) is 86.8 Å². The van der Waals surface area contributed by atoms with Gasteiger partial charge in [0, 0.05) is 13.7 Å². The molecule has 0 aliphatic heterocycles. The number of ether oxygens (including phenoxy) is 1. The molecule has 0 aliphatic rings. The zero-order chi connectivity index (χ0) is 20.1. The SMILES string of the molecule is CCCC[P+](CCCC)(CCCC(Cl)Oc1ccccc1)Cc1ccccc1.[Cl-]. The molecule has 2 rings (SSSR count). The number of unbranched alkanes of at least 4 members (excludes halogenated alkanes) is 2. The highest BCUT2D eigenvalue weighted by atomic mass is 35.5. The summed E-state index contributed by atoms with van der Waals surface area (Å²) < 4.78 is 5.89. The Morgan fingerprint density at radius 2 is 1.31 bits per heavy atom. The van der Waals surface area contributed by atoms with Crippen LogP contribution >= 0.6 is 18.9 Å². The molecule has 1 atom stereocenters. The van der Waals surface area contributed by atoms with Gasteiger partial charge in [0.15, 0.2) is 5.56 Å². The number of rotatable bonds is 14. The number of halogens is 2. The van der Waals surface area contributed by atoms with Gasteiger partial charge in [-0.25, -0.2) is 0 Å². The summed E-state index contributed by atoms with van der Waals surface area (Å²) in [5.41, 5.74) is 1.28. The molecule has 2 aromatic rings. The third-order valence-electron chi connectivity index (χ3n) is 5.40. The van der Waals surface area contributed by atoms with Crippen LogP contribution in [0.25, 0.3) is 0 Å². The molecule has 0 fully saturated rings. The zero-order valence-electron chi connectivity index (χ0n) is 18.0. The van der Waals surface area contributed by atoms with E-state index in [9.17, 15) is 0 Å². The first kappa shape index (κ1) is 26.3. The molecule has 0 radical (unpaired) electrons. The van der Waals surface area contributed by atoms with E-state index in [0.717, 1.165) is 18.6 Å². The lowest BCUT2D eigenvalue weighted by molar-refractivity contribution is -0.00000663.